The summed E-state index contributed by atoms with van der Waals surface area (Å²) in [6, 6.07) is 19.4. The monoisotopic (exact) mass is 300 g/mol. The molecule has 2 unspecified atom stereocenters. The van der Waals surface area contributed by atoms with Crippen molar-refractivity contribution in [2.45, 2.75) is 30.3 Å². The second-order valence-electron chi connectivity index (χ2n) is 4.90. The van der Waals surface area contributed by atoms with Crippen LogP contribution < -0.4 is 0 Å². The number of aryl methyl sites for hydroxylation is 1. The van der Waals surface area contributed by atoms with Gasteiger partial charge in [-0.15, -0.1) is 0 Å². The van der Waals surface area contributed by atoms with Crippen LogP contribution in [0.1, 0.15) is 18.4 Å². The smallest absolute Gasteiger partial charge is 0.0772 e. The summed E-state index contributed by atoms with van der Waals surface area (Å²) in [5, 5.41) is 11.6. The molecule has 0 bridgehead atoms. The van der Waals surface area contributed by atoms with E-state index in [4.69, 9.17) is 0 Å². The number of hydrogen-bond donors (Lipinski definition) is 1. The normalized spacial score (nSPS) is 14.1. The van der Waals surface area contributed by atoms with Gasteiger partial charge in [-0.25, -0.2) is 4.21 Å². The highest BCUT2D eigenvalue weighted by molar-refractivity contribution is 7.88. The van der Waals surface area contributed by atoms with Gasteiger partial charge in [-0.05, 0) is 37.0 Å². The van der Waals surface area contributed by atoms with Crippen LogP contribution in [-0.4, -0.2) is 15.4 Å². The van der Waals surface area contributed by atoms with Crippen molar-refractivity contribution in [1.29, 1.82) is 0 Å². The molecule has 3 heteroatoms. The summed E-state index contributed by atoms with van der Waals surface area (Å²) in [6.07, 6.45) is 3.52. The third kappa shape index (κ3) is 5.66. The molecule has 1 N–H and O–H groups in total. The van der Waals surface area contributed by atoms with E-state index in [1.165, 1.54) is 5.56 Å². The van der Waals surface area contributed by atoms with Crippen LogP contribution >= 0.6 is 0 Å². The molecule has 0 fully saturated rings. The maximum atomic E-state index is 11.9. The minimum atomic E-state index is -1.13. The van der Waals surface area contributed by atoms with E-state index in [1.807, 2.05) is 48.5 Å². The third-order valence-corrected chi connectivity index (χ3v) is 4.39. The molecule has 0 radical (unpaired) electrons. The lowest BCUT2D eigenvalue weighted by Crippen LogP contribution is -2.06. The molecule has 110 valence electrons. The van der Waals surface area contributed by atoms with Gasteiger partial charge in [0.2, 0.25) is 0 Å². The lowest BCUT2D eigenvalue weighted by Gasteiger charge is -2.07. The van der Waals surface area contributed by atoms with Crippen molar-refractivity contribution in [3.8, 4) is 0 Å². The first kappa shape index (κ1) is 15.7. The zero-order chi connectivity index (χ0) is 14.9. The standard InChI is InChI=1S/C18H20O2S/c19-17(14-13-16-8-3-1-4-9-16)10-7-15-21(20)18-11-5-2-6-12-18/h1-9,11-12,15,17,19H,10,13-14H2/b15-7+. The van der Waals surface area contributed by atoms with Gasteiger partial charge in [0.1, 0.15) is 0 Å². The first-order chi connectivity index (χ1) is 10.3. The molecule has 2 rings (SSSR count). The Balaban J connectivity index is 1.75. The average molecular weight is 300 g/mol. The highest BCUT2D eigenvalue weighted by Crippen LogP contribution is 2.10. The number of benzene rings is 2. The molecule has 0 heterocycles. The molecule has 2 atom stereocenters. The summed E-state index contributed by atoms with van der Waals surface area (Å²) in [5.74, 6) is 0. The summed E-state index contributed by atoms with van der Waals surface area (Å²) >= 11 is 0. The van der Waals surface area contributed by atoms with E-state index >= 15 is 0 Å². The van der Waals surface area contributed by atoms with Crippen LogP contribution in [0.5, 0.6) is 0 Å². The van der Waals surface area contributed by atoms with Gasteiger partial charge in [-0.3, -0.25) is 0 Å². The van der Waals surface area contributed by atoms with E-state index in [-0.39, 0.29) is 0 Å². The molecule has 0 saturated heterocycles. The average Bonchev–Trinajstić information content (AvgIpc) is 2.54. The second kappa shape index (κ2) is 8.55. The lowest BCUT2D eigenvalue weighted by atomic mass is 10.1. The highest BCUT2D eigenvalue weighted by Gasteiger charge is 2.03. The first-order valence-corrected chi connectivity index (χ1v) is 8.31. The van der Waals surface area contributed by atoms with Crippen molar-refractivity contribution >= 4 is 10.8 Å². The van der Waals surface area contributed by atoms with Crippen molar-refractivity contribution < 1.29 is 9.32 Å². The predicted molar refractivity (Wildman–Crippen MR) is 87.4 cm³/mol. The number of rotatable bonds is 7. The van der Waals surface area contributed by atoms with Crippen molar-refractivity contribution in [3.63, 3.8) is 0 Å². The van der Waals surface area contributed by atoms with Crippen molar-refractivity contribution in [2.24, 2.45) is 0 Å². The van der Waals surface area contributed by atoms with Crippen LogP contribution in [0.25, 0.3) is 0 Å². The predicted octanol–water partition coefficient (Wildman–Crippen LogP) is 3.69. The molecule has 2 aromatic rings. The van der Waals surface area contributed by atoms with Gasteiger partial charge in [0.15, 0.2) is 0 Å². The van der Waals surface area contributed by atoms with Gasteiger partial charge in [-0.2, -0.15) is 0 Å². The Morgan fingerprint density at radius 1 is 1.00 bits per heavy atom. The Labute approximate surface area is 128 Å². The summed E-state index contributed by atoms with van der Waals surface area (Å²) < 4.78 is 11.9. The minimum Gasteiger partial charge on any atom is -0.393 e. The summed E-state index contributed by atoms with van der Waals surface area (Å²) in [7, 11) is -1.13. The second-order valence-corrected chi connectivity index (χ2v) is 6.23. The molecule has 0 saturated carbocycles. The fourth-order valence-electron chi connectivity index (χ4n) is 2.03. The van der Waals surface area contributed by atoms with Crippen molar-refractivity contribution in [2.75, 3.05) is 0 Å². The molecule has 0 spiro atoms. The Morgan fingerprint density at radius 3 is 2.29 bits per heavy atom. The van der Waals surface area contributed by atoms with E-state index in [0.29, 0.717) is 12.8 Å². The van der Waals surface area contributed by atoms with Crippen LogP contribution in [0.3, 0.4) is 0 Å². The van der Waals surface area contributed by atoms with E-state index in [0.717, 1.165) is 11.3 Å². The molecule has 0 aromatic heterocycles. The van der Waals surface area contributed by atoms with Crippen LogP contribution in [-0.2, 0) is 17.2 Å². The van der Waals surface area contributed by atoms with Gasteiger partial charge >= 0.3 is 0 Å². The van der Waals surface area contributed by atoms with Crippen LogP contribution in [0.2, 0.25) is 0 Å². The third-order valence-electron chi connectivity index (χ3n) is 3.21. The van der Waals surface area contributed by atoms with Crippen molar-refractivity contribution in [3.05, 3.63) is 77.7 Å². The summed E-state index contributed by atoms with van der Waals surface area (Å²) in [4.78, 5) is 0.785. The number of hydrogen-bond acceptors (Lipinski definition) is 2. The van der Waals surface area contributed by atoms with Crippen LogP contribution in [0, 0.1) is 0 Å². The largest absolute Gasteiger partial charge is 0.393 e. The van der Waals surface area contributed by atoms with Crippen LogP contribution in [0.15, 0.2) is 77.0 Å². The molecule has 2 nitrogen and oxygen atoms in total. The molecular formula is C18H20O2S. The maximum Gasteiger partial charge on any atom is 0.0772 e. The van der Waals surface area contributed by atoms with E-state index in [2.05, 4.69) is 12.1 Å². The van der Waals surface area contributed by atoms with Gasteiger partial charge in [-0.1, -0.05) is 54.6 Å². The minimum absolute atomic E-state index is 0.394. The molecule has 2 aromatic carbocycles. The van der Waals surface area contributed by atoms with E-state index in [1.54, 1.807) is 11.5 Å². The Kier molecular flexibility index (Phi) is 6.38. The maximum absolute atomic E-state index is 11.9. The molecule has 0 aliphatic heterocycles. The van der Waals surface area contributed by atoms with E-state index < -0.39 is 16.9 Å². The topological polar surface area (TPSA) is 37.3 Å². The summed E-state index contributed by atoms with van der Waals surface area (Å²) in [6.45, 7) is 0. The zero-order valence-electron chi connectivity index (χ0n) is 11.9. The Hall–Kier alpha value is -1.71. The molecular weight excluding hydrogens is 280 g/mol. The van der Waals surface area contributed by atoms with E-state index in [9.17, 15) is 9.32 Å². The molecule has 0 aliphatic carbocycles. The van der Waals surface area contributed by atoms with Gasteiger partial charge in [0, 0.05) is 10.3 Å². The number of aliphatic hydroxyl groups excluding tert-OH is 1. The fourth-order valence-corrected chi connectivity index (χ4v) is 2.90. The molecule has 0 aliphatic rings. The van der Waals surface area contributed by atoms with Crippen LogP contribution in [0.4, 0.5) is 0 Å². The zero-order valence-corrected chi connectivity index (χ0v) is 12.7. The Bertz CT molecular complexity index is 579. The van der Waals surface area contributed by atoms with Gasteiger partial charge < -0.3 is 5.11 Å². The molecule has 21 heavy (non-hydrogen) atoms. The fraction of sp³-hybridized carbons (Fsp3) is 0.222. The SMILES string of the molecule is O=S(/C=C/CC(O)CCc1ccccc1)c1ccccc1. The lowest BCUT2D eigenvalue weighted by molar-refractivity contribution is 0.168. The number of aliphatic hydroxyl groups is 1. The highest BCUT2D eigenvalue weighted by atomic mass is 32.2. The quantitative estimate of drug-likeness (QED) is 0.846. The van der Waals surface area contributed by atoms with Crippen molar-refractivity contribution in [1.82, 2.24) is 0 Å². The Morgan fingerprint density at radius 2 is 1.62 bits per heavy atom. The first-order valence-electron chi connectivity index (χ1n) is 7.10. The van der Waals surface area contributed by atoms with Gasteiger partial charge in [0.05, 0.1) is 16.9 Å². The summed E-state index contributed by atoms with van der Waals surface area (Å²) in [5.41, 5.74) is 1.23. The van der Waals surface area contributed by atoms with Gasteiger partial charge in [0.25, 0.3) is 0 Å². The molecule has 0 amide bonds.